The highest BCUT2D eigenvalue weighted by Crippen LogP contribution is 2.17. The summed E-state index contributed by atoms with van der Waals surface area (Å²) in [6, 6.07) is 3.91. The molecule has 1 aromatic carbocycles. The first kappa shape index (κ1) is 24.6. The summed E-state index contributed by atoms with van der Waals surface area (Å²) >= 11 is 0. The first-order chi connectivity index (χ1) is 14.9. The highest BCUT2D eigenvalue weighted by molar-refractivity contribution is 5.95. The zero-order valence-corrected chi connectivity index (χ0v) is 18.0. The van der Waals surface area contributed by atoms with Gasteiger partial charge in [0.15, 0.2) is 0 Å². The van der Waals surface area contributed by atoms with E-state index in [9.17, 15) is 14.0 Å². The molecule has 0 saturated carbocycles. The number of nitrogens with one attached hydrogen (secondary N) is 3. The zero-order valence-electron chi connectivity index (χ0n) is 18.0. The first-order valence-corrected chi connectivity index (χ1v) is 10.7. The van der Waals surface area contributed by atoms with E-state index in [4.69, 9.17) is 15.6 Å². The summed E-state index contributed by atoms with van der Waals surface area (Å²) in [5.74, 6) is -0.940. The zero-order chi connectivity index (χ0) is 22.6. The van der Waals surface area contributed by atoms with E-state index in [1.807, 2.05) is 0 Å². The lowest BCUT2D eigenvalue weighted by Crippen LogP contribution is -2.29. The highest BCUT2D eigenvalue weighted by Gasteiger charge is 2.23. The number of nitrogens with two attached hydrogens (primary N) is 1. The molecule has 0 radical (unpaired) electrons. The average molecular weight is 437 g/mol. The number of hydrogen-bond donors (Lipinski definition) is 5. The van der Waals surface area contributed by atoms with Gasteiger partial charge in [0.25, 0.3) is 5.91 Å². The third-order valence-electron chi connectivity index (χ3n) is 5.09. The molecule has 1 aliphatic rings. The fraction of sp³-hybridized carbons (Fsp3) is 0.545. The maximum atomic E-state index is 13.1. The van der Waals surface area contributed by atoms with E-state index in [1.54, 1.807) is 13.1 Å². The lowest BCUT2D eigenvalue weighted by atomic mass is 10.1. The van der Waals surface area contributed by atoms with Gasteiger partial charge in [0.1, 0.15) is 12.0 Å². The number of carbonyl (C=O) groups is 2. The van der Waals surface area contributed by atoms with Crippen molar-refractivity contribution in [3.8, 4) is 0 Å². The second-order valence-electron chi connectivity index (χ2n) is 7.66. The quantitative estimate of drug-likeness (QED) is 0.193. The summed E-state index contributed by atoms with van der Waals surface area (Å²) in [4.78, 5) is 24.1. The van der Waals surface area contributed by atoms with Crippen LogP contribution in [-0.2, 0) is 9.53 Å². The molecule has 0 spiro atoms. The Morgan fingerprint density at radius 1 is 1.19 bits per heavy atom. The van der Waals surface area contributed by atoms with Crippen molar-refractivity contribution in [3.63, 3.8) is 0 Å². The van der Waals surface area contributed by atoms with Crippen LogP contribution in [0.1, 0.15) is 55.8 Å². The smallest absolute Gasteiger partial charge is 0.251 e. The Balaban J connectivity index is 1.50. The number of amides is 2. The predicted octanol–water partition coefficient (Wildman–Crippen LogP) is 1.81. The Kier molecular flexibility index (Phi) is 10.3. The SMILES string of the molecule is C/C(=C/N[C@H]1CC[C@@H](CO)O1)C(=O)NCCCCCCNC(=O)c1ccc(F)c(N)c1. The molecule has 1 saturated heterocycles. The Morgan fingerprint density at radius 2 is 1.90 bits per heavy atom. The maximum absolute atomic E-state index is 13.1. The number of hydrogen-bond acceptors (Lipinski definition) is 6. The van der Waals surface area contributed by atoms with E-state index in [0.717, 1.165) is 38.5 Å². The number of aliphatic hydroxyl groups excluding tert-OH is 1. The summed E-state index contributed by atoms with van der Waals surface area (Å²) < 4.78 is 18.7. The van der Waals surface area contributed by atoms with Crippen molar-refractivity contribution < 1.29 is 23.8 Å². The Hall–Kier alpha value is -2.65. The lowest BCUT2D eigenvalue weighted by Gasteiger charge is -2.13. The number of benzene rings is 1. The molecule has 1 heterocycles. The molecule has 1 aromatic rings. The summed E-state index contributed by atoms with van der Waals surface area (Å²) in [7, 11) is 0. The van der Waals surface area contributed by atoms with Gasteiger partial charge in [-0.25, -0.2) is 4.39 Å². The van der Waals surface area contributed by atoms with E-state index in [1.165, 1.54) is 18.2 Å². The van der Waals surface area contributed by atoms with Crippen LogP contribution in [-0.4, -0.2) is 48.9 Å². The van der Waals surface area contributed by atoms with Gasteiger partial charge < -0.3 is 31.5 Å². The number of ether oxygens (including phenoxy) is 1. The number of aliphatic hydroxyl groups is 1. The van der Waals surface area contributed by atoms with Crippen molar-refractivity contribution in [1.29, 1.82) is 0 Å². The van der Waals surface area contributed by atoms with Crippen molar-refractivity contribution in [2.45, 2.75) is 57.8 Å². The second-order valence-corrected chi connectivity index (χ2v) is 7.66. The molecule has 0 aromatic heterocycles. The van der Waals surface area contributed by atoms with Crippen LogP contribution in [0, 0.1) is 5.82 Å². The van der Waals surface area contributed by atoms with Crippen molar-refractivity contribution in [2.75, 3.05) is 25.4 Å². The van der Waals surface area contributed by atoms with Crippen molar-refractivity contribution in [2.24, 2.45) is 0 Å². The summed E-state index contributed by atoms with van der Waals surface area (Å²) in [6.07, 6.45) is 6.47. The Bertz CT molecular complexity index is 772. The van der Waals surface area contributed by atoms with E-state index in [2.05, 4.69) is 16.0 Å². The molecule has 1 fully saturated rings. The van der Waals surface area contributed by atoms with Gasteiger partial charge >= 0.3 is 0 Å². The van der Waals surface area contributed by atoms with Crippen LogP contribution in [0.5, 0.6) is 0 Å². The topological polar surface area (TPSA) is 126 Å². The van der Waals surface area contributed by atoms with Crippen LogP contribution < -0.4 is 21.7 Å². The molecule has 1 aliphatic heterocycles. The number of halogens is 1. The van der Waals surface area contributed by atoms with Gasteiger partial charge in [-0.1, -0.05) is 12.8 Å². The minimum Gasteiger partial charge on any atom is -0.396 e. The Morgan fingerprint density at radius 3 is 2.55 bits per heavy atom. The van der Waals surface area contributed by atoms with Crippen LogP contribution in [0.2, 0.25) is 0 Å². The van der Waals surface area contributed by atoms with Crippen molar-refractivity contribution in [3.05, 3.63) is 41.4 Å². The van der Waals surface area contributed by atoms with Crippen molar-refractivity contribution in [1.82, 2.24) is 16.0 Å². The van der Waals surface area contributed by atoms with Gasteiger partial charge in [0, 0.05) is 30.4 Å². The lowest BCUT2D eigenvalue weighted by molar-refractivity contribution is -0.117. The molecular formula is C22H33FN4O4. The normalized spacial score (nSPS) is 18.6. The largest absolute Gasteiger partial charge is 0.396 e. The molecule has 31 heavy (non-hydrogen) atoms. The summed E-state index contributed by atoms with van der Waals surface area (Å²) in [6.45, 7) is 2.85. The van der Waals surface area contributed by atoms with Crippen LogP contribution in [0.4, 0.5) is 10.1 Å². The molecule has 0 bridgehead atoms. The van der Waals surface area contributed by atoms with E-state index in [0.29, 0.717) is 24.2 Å². The van der Waals surface area contributed by atoms with Gasteiger partial charge in [0.2, 0.25) is 5.91 Å². The minimum absolute atomic E-state index is 0.0110. The number of nitrogen functional groups attached to an aromatic ring is 1. The number of rotatable bonds is 12. The molecule has 2 atom stereocenters. The van der Waals surface area contributed by atoms with E-state index >= 15 is 0 Å². The highest BCUT2D eigenvalue weighted by atomic mass is 19.1. The number of carbonyl (C=O) groups excluding carboxylic acids is 2. The van der Waals surface area contributed by atoms with Gasteiger partial charge in [0.05, 0.1) is 18.4 Å². The average Bonchev–Trinajstić information content (AvgIpc) is 3.23. The Labute approximate surface area is 182 Å². The van der Waals surface area contributed by atoms with Crippen LogP contribution in [0.3, 0.4) is 0 Å². The molecule has 0 aliphatic carbocycles. The van der Waals surface area contributed by atoms with Gasteiger partial charge in [-0.2, -0.15) is 0 Å². The van der Waals surface area contributed by atoms with E-state index < -0.39 is 5.82 Å². The van der Waals surface area contributed by atoms with Crippen molar-refractivity contribution >= 4 is 17.5 Å². The molecule has 2 rings (SSSR count). The number of unbranched alkanes of at least 4 members (excludes halogenated alkanes) is 3. The second kappa shape index (κ2) is 12.9. The molecule has 0 unspecified atom stereocenters. The fourth-order valence-corrected chi connectivity index (χ4v) is 3.18. The van der Waals surface area contributed by atoms with Gasteiger partial charge in [-0.15, -0.1) is 0 Å². The van der Waals surface area contributed by atoms with Crippen LogP contribution in [0.25, 0.3) is 0 Å². The van der Waals surface area contributed by atoms with E-state index in [-0.39, 0.29) is 36.4 Å². The number of anilines is 1. The molecular weight excluding hydrogens is 403 g/mol. The molecule has 2 amide bonds. The summed E-state index contributed by atoms with van der Waals surface area (Å²) in [5.41, 5.74) is 6.34. The van der Waals surface area contributed by atoms with Gasteiger partial charge in [-0.05, 0) is 50.8 Å². The van der Waals surface area contributed by atoms with Gasteiger partial charge in [-0.3, -0.25) is 9.59 Å². The summed E-state index contributed by atoms with van der Waals surface area (Å²) in [5, 5.41) is 17.8. The van der Waals surface area contributed by atoms with Crippen LogP contribution in [0.15, 0.2) is 30.0 Å². The third-order valence-corrected chi connectivity index (χ3v) is 5.09. The minimum atomic E-state index is -0.537. The maximum Gasteiger partial charge on any atom is 0.251 e. The molecule has 6 N–H and O–H groups in total. The van der Waals surface area contributed by atoms with Crippen LogP contribution >= 0.6 is 0 Å². The third kappa shape index (κ3) is 8.55. The molecule has 172 valence electrons. The molecule has 9 heteroatoms. The first-order valence-electron chi connectivity index (χ1n) is 10.7. The predicted molar refractivity (Wildman–Crippen MR) is 116 cm³/mol. The monoisotopic (exact) mass is 436 g/mol. The fourth-order valence-electron chi connectivity index (χ4n) is 3.18. The molecule has 8 nitrogen and oxygen atoms in total. The standard InChI is InChI=1S/C22H33FN4O4/c1-15(13-27-20-9-7-17(14-28)31-20)21(29)25-10-4-2-3-5-11-26-22(30)16-6-8-18(23)19(24)12-16/h6,8,12-13,17,20,27-28H,2-5,7,9-11,14,24H2,1H3,(H,25,29)(H,26,30)/b15-13-/t17-,20+/m0/s1.